The van der Waals surface area contributed by atoms with Crippen molar-refractivity contribution in [3.63, 3.8) is 0 Å². The van der Waals surface area contributed by atoms with Crippen molar-refractivity contribution < 1.29 is 19.4 Å². The maximum atomic E-state index is 11.7. The monoisotopic (exact) mass is 226 g/mol. The zero-order valence-corrected chi connectivity index (χ0v) is 9.78. The smallest absolute Gasteiger partial charge is 0.411 e. The highest BCUT2D eigenvalue weighted by atomic mass is 16.6. The van der Waals surface area contributed by atoms with E-state index in [-0.39, 0.29) is 13.0 Å². The van der Waals surface area contributed by atoms with Crippen molar-refractivity contribution in [1.29, 1.82) is 0 Å². The third-order valence-electron chi connectivity index (χ3n) is 2.15. The first-order valence-corrected chi connectivity index (χ1v) is 5.08. The Kier molecular flexibility index (Phi) is 3.26. The molecule has 1 unspecified atom stereocenters. The zero-order valence-electron chi connectivity index (χ0n) is 9.78. The Morgan fingerprint density at radius 2 is 2.06 bits per heavy atom. The number of ether oxygens (including phenoxy) is 1. The molecule has 5 heteroatoms. The maximum absolute atomic E-state index is 11.7. The van der Waals surface area contributed by atoms with Crippen LogP contribution in [-0.4, -0.2) is 35.2 Å². The van der Waals surface area contributed by atoms with E-state index in [1.165, 1.54) is 0 Å². The number of nitrogens with zero attached hydrogens (tertiary/aromatic N) is 1. The van der Waals surface area contributed by atoms with Crippen LogP contribution >= 0.6 is 0 Å². The molecule has 0 aliphatic carbocycles. The topological polar surface area (TPSA) is 69.7 Å². The lowest BCUT2D eigenvalue weighted by molar-refractivity contribution is -0.310. The van der Waals surface area contributed by atoms with Crippen molar-refractivity contribution in [2.24, 2.45) is 0 Å². The Hall–Kier alpha value is -1.52. The van der Waals surface area contributed by atoms with Gasteiger partial charge in [-0.3, -0.25) is 4.90 Å². The van der Waals surface area contributed by atoms with E-state index in [2.05, 4.69) is 6.58 Å². The highest BCUT2D eigenvalue weighted by Crippen LogP contribution is 2.23. The Balaban J connectivity index is 2.75. The minimum atomic E-state index is -1.27. The molecule has 1 fully saturated rings. The number of hydrogen-bond donors (Lipinski definition) is 0. The largest absolute Gasteiger partial charge is 0.548 e. The van der Waals surface area contributed by atoms with Crippen LogP contribution in [0.1, 0.15) is 27.2 Å². The molecule has 0 bridgehead atoms. The van der Waals surface area contributed by atoms with Gasteiger partial charge in [-0.1, -0.05) is 12.2 Å². The van der Waals surface area contributed by atoms with Gasteiger partial charge in [0.25, 0.3) is 0 Å². The molecule has 16 heavy (non-hydrogen) atoms. The lowest BCUT2D eigenvalue weighted by atomic mass is 10.2. The molecular weight excluding hydrogens is 210 g/mol. The van der Waals surface area contributed by atoms with Gasteiger partial charge in [0.1, 0.15) is 5.60 Å². The normalized spacial score (nSPS) is 21.1. The molecule has 1 aliphatic heterocycles. The van der Waals surface area contributed by atoms with Crippen LogP contribution in [-0.2, 0) is 9.53 Å². The van der Waals surface area contributed by atoms with E-state index < -0.39 is 23.7 Å². The summed E-state index contributed by atoms with van der Waals surface area (Å²) in [5.41, 5.74) is 0.0531. The van der Waals surface area contributed by atoms with E-state index in [1.807, 2.05) is 0 Å². The second-order valence-corrected chi connectivity index (χ2v) is 4.90. The Bertz CT molecular complexity index is 329. The number of amides is 1. The summed E-state index contributed by atoms with van der Waals surface area (Å²) < 4.78 is 5.11. The van der Waals surface area contributed by atoms with E-state index in [0.29, 0.717) is 5.57 Å². The van der Waals surface area contributed by atoms with Gasteiger partial charge in [-0.05, 0) is 27.2 Å². The highest BCUT2D eigenvalue weighted by molar-refractivity contribution is 5.80. The molecule has 90 valence electrons. The molecule has 0 aromatic rings. The molecule has 0 aromatic carbocycles. The molecule has 1 rings (SSSR count). The van der Waals surface area contributed by atoms with Crippen LogP contribution in [0.3, 0.4) is 0 Å². The average Bonchev–Trinajstić information content (AvgIpc) is 2.44. The summed E-state index contributed by atoms with van der Waals surface area (Å²) in [4.78, 5) is 23.7. The fourth-order valence-corrected chi connectivity index (χ4v) is 1.52. The number of carbonyl (C=O) groups excluding carboxylic acids is 2. The number of carboxylic acid groups (broad SMARTS) is 1. The third-order valence-corrected chi connectivity index (χ3v) is 2.15. The summed E-state index contributed by atoms with van der Waals surface area (Å²) >= 11 is 0. The van der Waals surface area contributed by atoms with Gasteiger partial charge >= 0.3 is 6.09 Å². The summed E-state index contributed by atoms with van der Waals surface area (Å²) in [6.45, 7) is 9.07. The zero-order chi connectivity index (χ0) is 12.5. The standard InChI is InChI=1S/C11H17NO4/c1-7-5-8(9(13)14)12(6-7)10(15)16-11(2,3)4/h8H,1,5-6H2,2-4H3,(H,13,14)/p-1. The predicted molar refractivity (Wildman–Crippen MR) is 55.5 cm³/mol. The first-order valence-electron chi connectivity index (χ1n) is 5.08. The summed E-state index contributed by atoms with van der Waals surface area (Å²) in [5, 5.41) is 10.8. The Morgan fingerprint density at radius 1 is 1.50 bits per heavy atom. The molecule has 1 amide bonds. The molecule has 5 nitrogen and oxygen atoms in total. The van der Waals surface area contributed by atoms with E-state index in [4.69, 9.17) is 4.74 Å². The molecule has 1 heterocycles. The fraction of sp³-hybridized carbons (Fsp3) is 0.636. The van der Waals surface area contributed by atoms with Gasteiger partial charge in [0.15, 0.2) is 0 Å². The molecule has 1 aliphatic rings. The number of hydrogen-bond acceptors (Lipinski definition) is 4. The van der Waals surface area contributed by atoms with Crippen LogP contribution in [0.2, 0.25) is 0 Å². The van der Waals surface area contributed by atoms with Crippen LogP contribution in [0.25, 0.3) is 0 Å². The first kappa shape index (κ1) is 12.5. The van der Waals surface area contributed by atoms with E-state index >= 15 is 0 Å². The second-order valence-electron chi connectivity index (χ2n) is 4.90. The van der Waals surface area contributed by atoms with Crippen molar-refractivity contribution in [3.8, 4) is 0 Å². The molecule has 0 radical (unpaired) electrons. The van der Waals surface area contributed by atoms with Crippen molar-refractivity contribution in [2.75, 3.05) is 6.54 Å². The van der Waals surface area contributed by atoms with E-state index in [0.717, 1.165) is 4.90 Å². The summed E-state index contributed by atoms with van der Waals surface area (Å²) in [6, 6.07) is -0.956. The van der Waals surface area contributed by atoms with Crippen LogP contribution < -0.4 is 5.11 Å². The van der Waals surface area contributed by atoms with E-state index in [9.17, 15) is 14.7 Å². The summed E-state index contributed by atoms with van der Waals surface area (Å²) in [7, 11) is 0. The number of rotatable bonds is 1. The van der Waals surface area contributed by atoms with Crippen molar-refractivity contribution >= 4 is 12.1 Å². The van der Waals surface area contributed by atoms with Gasteiger partial charge in [-0.15, -0.1) is 0 Å². The molecule has 0 N–H and O–H groups in total. The van der Waals surface area contributed by atoms with Crippen molar-refractivity contribution in [3.05, 3.63) is 12.2 Å². The Morgan fingerprint density at radius 3 is 2.50 bits per heavy atom. The molecule has 1 saturated heterocycles. The summed E-state index contributed by atoms with van der Waals surface area (Å²) in [6.07, 6.45) is -0.401. The van der Waals surface area contributed by atoms with Gasteiger partial charge in [0, 0.05) is 6.54 Å². The van der Waals surface area contributed by atoms with Crippen molar-refractivity contribution in [2.45, 2.75) is 38.8 Å². The van der Waals surface area contributed by atoms with Gasteiger partial charge in [0.2, 0.25) is 0 Å². The second kappa shape index (κ2) is 4.15. The molecule has 1 atom stereocenters. The molecule has 0 aromatic heterocycles. The molecule has 0 saturated carbocycles. The van der Waals surface area contributed by atoms with Gasteiger partial charge in [-0.25, -0.2) is 4.79 Å². The van der Waals surface area contributed by atoms with Crippen LogP contribution in [0, 0.1) is 0 Å². The molecular formula is C11H16NO4-. The molecule has 0 spiro atoms. The minimum Gasteiger partial charge on any atom is -0.548 e. The first-order chi connectivity index (χ1) is 7.20. The summed E-state index contributed by atoms with van der Waals surface area (Å²) in [5.74, 6) is -1.27. The number of carboxylic acids is 1. The number of likely N-dealkylation sites (tertiary alicyclic amines) is 1. The quantitative estimate of drug-likeness (QED) is 0.603. The minimum absolute atomic E-state index is 0.216. The van der Waals surface area contributed by atoms with Gasteiger partial charge in [-0.2, -0.15) is 0 Å². The number of carbonyl (C=O) groups is 2. The van der Waals surface area contributed by atoms with Crippen LogP contribution in [0.5, 0.6) is 0 Å². The average molecular weight is 226 g/mol. The SMILES string of the molecule is C=C1CC(C(=O)[O-])N(C(=O)OC(C)(C)C)C1. The number of aliphatic carboxylic acids is 1. The van der Waals surface area contributed by atoms with Crippen LogP contribution in [0.15, 0.2) is 12.2 Å². The Labute approximate surface area is 94.7 Å². The third kappa shape index (κ3) is 2.98. The van der Waals surface area contributed by atoms with Crippen molar-refractivity contribution in [1.82, 2.24) is 4.90 Å². The van der Waals surface area contributed by atoms with Gasteiger partial charge in [0.05, 0.1) is 12.0 Å². The highest BCUT2D eigenvalue weighted by Gasteiger charge is 2.34. The van der Waals surface area contributed by atoms with Gasteiger partial charge < -0.3 is 14.6 Å². The lowest BCUT2D eigenvalue weighted by Gasteiger charge is -2.28. The van der Waals surface area contributed by atoms with Crippen LogP contribution in [0.4, 0.5) is 4.79 Å². The lowest BCUT2D eigenvalue weighted by Crippen LogP contribution is -2.48. The fourth-order valence-electron chi connectivity index (χ4n) is 1.52. The maximum Gasteiger partial charge on any atom is 0.411 e. The van der Waals surface area contributed by atoms with E-state index in [1.54, 1.807) is 20.8 Å². The predicted octanol–water partition coefficient (Wildman–Crippen LogP) is 0.302.